The van der Waals surface area contributed by atoms with Crippen LogP contribution >= 0.6 is 11.6 Å². The van der Waals surface area contributed by atoms with Crippen molar-refractivity contribution in [3.8, 4) is 5.75 Å². The lowest BCUT2D eigenvalue weighted by Gasteiger charge is -2.14. The third-order valence-electron chi connectivity index (χ3n) is 4.08. The summed E-state index contributed by atoms with van der Waals surface area (Å²) in [5.74, 6) is -0.135. The molecule has 0 unspecified atom stereocenters. The van der Waals surface area contributed by atoms with Crippen LogP contribution in [0.15, 0.2) is 36.5 Å². The van der Waals surface area contributed by atoms with Crippen molar-refractivity contribution >= 4 is 29.3 Å². The first kappa shape index (κ1) is 18.2. The van der Waals surface area contributed by atoms with Crippen molar-refractivity contribution in [1.82, 2.24) is 4.98 Å². The Morgan fingerprint density at radius 1 is 1.23 bits per heavy atom. The zero-order valence-electron chi connectivity index (χ0n) is 14.3. The molecule has 0 aliphatic heterocycles. The number of ether oxygens (including phenoxy) is 2. The minimum atomic E-state index is -0.969. The Bertz CT molecular complexity index is 808. The van der Waals surface area contributed by atoms with E-state index in [0.717, 1.165) is 19.3 Å². The Morgan fingerprint density at radius 3 is 2.81 bits per heavy atom. The quantitative estimate of drug-likeness (QED) is 0.786. The molecule has 136 valence electrons. The number of halogens is 1. The van der Waals surface area contributed by atoms with Crippen molar-refractivity contribution in [2.45, 2.75) is 32.3 Å². The fourth-order valence-corrected chi connectivity index (χ4v) is 2.85. The summed E-state index contributed by atoms with van der Waals surface area (Å²) in [5, 5.41) is 3.01. The summed E-state index contributed by atoms with van der Waals surface area (Å²) in [4.78, 5) is 27.9. The van der Waals surface area contributed by atoms with Crippen LogP contribution in [0.25, 0.3) is 0 Å². The molecule has 0 saturated heterocycles. The molecule has 1 atom stereocenters. The first-order valence-corrected chi connectivity index (χ1v) is 8.75. The minimum Gasteiger partial charge on any atom is -0.482 e. The molecule has 0 spiro atoms. The first-order chi connectivity index (χ1) is 12.5. The summed E-state index contributed by atoms with van der Waals surface area (Å²) in [6, 6.07) is 8.99. The summed E-state index contributed by atoms with van der Waals surface area (Å²) in [6.07, 6.45) is 3.72. The Balaban J connectivity index is 1.46. The highest BCUT2D eigenvalue weighted by molar-refractivity contribution is 6.30. The van der Waals surface area contributed by atoms with Crippen molar-refractivity contribution in [2.24, 2.45) is 0 Å². The van der Waals surface area contributed by atoms with Gasteiger partial charge in [-0.15, -0.1) is 0 Å². The first-order valence-electron chi connectivity index (χ1n) is 8.38. The predicted molar refractivity (Wildman–Crippen MR) is 97.4 cm³/mol. The largest absolute Gasteiger partial charge is 0.482 e. The number of anilines is 1. The second kappa shape index (κ2) is 8.19. The number of rotatable bonds is 6. The Labute approximate surface area is 156 Å². The van der Waals surface area contributed by atoms with Crippen molar-refractivity contribution in [3.63, 3.8) is 0 Å². The second-order valence-electron chi connectivity index (χ2n) is 6.06. The van der Waals surface area contributed by atoms with Gasteiger partial charge >= 0.3 is 5.97 Å². The molecule has 26 heavy (non-hydrogen) atoms. The van der Waals surface area contributed by atoms with Crippen LogP contribution in [0.4, 0.5) is 5.82 Å². The van der Waals surface area contributed by atoms with E-state index >= 15 is 0 Å². The highest BCUT2D eigenvalue weighted by atomic mass is 35.5. The van der Waals surface area contributed by atoms with Crippen LogP contribution in [0.2, 0.25) is 5.02 Å². The van der Waals surface area contributed by atoms with Crippen LogP contribution in [0.1, 0.15) is 24.5 Å². The lowest BCUT2D eigenvalue weighted by molar-refractivity contribution is -0.155. The molecule has 1 N–H and O–H groups in total. The number of fused-ring (bicyclic) bond motifs is 1. The Kier molecular flexibility index (Phi) is 5.73. The third-order valence-corrected chi connectivity index (χ3v) is 4.31. The van der Waals surface area contributed by atoms with E-state index in [-0.39, 0.29) is 6.61 Å². The van der Waals surface area contributed by atoms with Crippen LogP contribution in [0, 0.1) is 0 Å². The van der Waals surface area contributed by atoms with E-state index in [0.29, 0.717) is 16.6 Å². The van der Waals surface area contributed by atoms with Crippen molar-refractivity contribution in [3.05, 3.63) is 52.7 Å². The van der Waals surface area contributed by atoms with Crippen molar-refractivity contribution in [2.75, 3.05) is 11.9 Å². The van der Waals surface area contributed by atoms with Gasteiger partial charge in [0.2, 0.25) is 0 Å². The SMILES string of the molecule is C[C@H](OC(=O)COc1ccc2c(c1)CCC2)C(=O)Nc1ccc(Cl)cn1. The number of carbonyl (C=O) groups is 2. The molecule has 1 aliphatic carbocycles. The molecule has 1 aromatic heterocycles. The molecule has 1 aromatic carbocycles. The number of amides is 1. The summed E-state index contributed by atoms with van der Waals surface area (Å²) in [5.41, 5.74) is 2.60. The Morgan fingerprint density at radius 2 is 2.04 bits per heavy atom. The van der Waals surface area contributed by atoms with Crippen molar-refractivity contribution < 1.29 is 19.1 Å². The number of pyridine rings is 1. The molecule has 1 amide bonds. The van der Waals surface area contributed by atoms with Gasteiger partial charge in [-0.1, -0.05) is 17.7 Å². The standard InChI is InChI=1S/C19H19ClN2O4/c1-12(19(24)22-17-8-6-15(20)10-21-17)26-18(23)11-25-16-7-5-13-3-2-4-14(13)9-16/h5-10,12H,2-4,11H2,1H3,(H,21,22,24)/t12-/m0/s1. The van der Waals surface area contributed by atoms with Crippen LogP contribution in [0.3, 0.4) is 0 Å². The van der Waals surface area contributed by atoms with E-state index < -0.39 is 18.0 Å². The molecular formula is C19H19ClN2O4. The number of esters is 1. The summed E-state index contributed by atoms with van der Waals surface area (Å²) in [6.45, 7) is 1.23. The average molecular weight is 375 g/mol. The monoisotopic (exact) mass is 374 g/mol. The smallest absolute Gasteiger partial charge is 0.344 e. The van der Waals surface area contributed by atoms with E-state index in [1.165, 1.54) is 24.2 Å². The number of aromatic nitrogens is 1. The number of aryl methyl sites for hydroxylation is 2. The number of hydrogen-bond donors (Lipinski definition) is 1. The molecule has 7 heteroatoms. The molecule has 1 aliphatic rings. The summed E-state index contributed by atoms with van der Waals surface area (Å²) < 4.78 is 10.6. The van der Waals surface area contributed by atoms with Gasteiger partial charge in [0, 0.05) is 6.20 Å². The van der Waals surface area contributed by atoms with Crippen LogP contribution < -0.4 is 10.1 Å². The lowest BCUT2D eigenvalue weighted by Crippen LogP contribution is -2.31. The van der Waals surface area contributed by atoms with Crippen molar-refractivity contribution in [1.29, 1.82) is 0 Å². The minimum absolute atomic E-state index is 0.254. The maximum atomic E-state index is 12.0. The topological polar surface area (TPSA) is 77.5 Å². The zero-order chi connectivity index (χ0) is 18.5. The van der Waals surface area contributed by atoms with Gasteiger partial charge in [0.05, 0.1) is 5.02 Å². The van der Waals surface area contributed by atoms with E-state index in [9.17, 15) is 9.59 Å². The van der Waals surface area contributed by atoms with E-state index in [4.69, 9.17) is 21.1 Å². The Hall–Kier alpha value is -2.60. The van der Waals surface area contributed by atoms with Crippen LogP contribution in [-0.4, -0.2) is 29.6 Å². The molecule has 2 aromatic rings. The van der Waals surface area contributed by atoms with Gasteiger partial charge in [0.1, 0.15) is 11.6 Å². The molecule has 0 fully saturated rings. The number of carbonyl (C=O) groups excluding carboxylic acids is 2. The molecule has 0 radical (unpaired) electrons. The van der Waals surface area contributed by atoms with E-state index in [1.807, 2.05) is 18.2 Å². The number of benzene rings is 1. The zero-order valence-corrected chi connectivity index (χ0v) is 15.1. The van der Waals surface area contributed by atoms with E-state index in [1.54, 1.807) is 12.1 Å². The van der Waals surface area contributed by atoms with E-state index in [2.05, 4.69) is 10.3 Å². The second-order valence-corrected chi connectivity index (χ2v) is 6.49. The van der Waals surface area contributed by atoms with Gasteiger partial charge in [0.15, 0.2) is 12.7 Å². The lowest BCUT2D eigenvalue weighted by atomic mass is 10.1. The highest BCUT2D eigenvalue weighted by Gasteiger charge is 2.19. The number of nitrogens with zero attached hydrogens (tertiary/aromatic N) is 1. The van der Waals surface area contributed by atoms with Crippen LogP contribution in [-0.2, 0) is 27.2 Å². The molecule has 1 heterocycles. The molecular weight excluding hydrogens is 356 g/mol. The predicted octanol–water partition coefficient (Wildman–Crippen LogP) is 3.17. The fourth-order valence-electron chi connectivity index (χ4n) is 2.74. The molecule has 3 rings (SSSR count). The van der Waals surface area contributed by atoms with Gasteiger partial charge in [-0.05, 0) is 61.6 Å². The van der Waals surface area contributed by atoms with Gasteiger partial charge in [0.25, 0.3) is 5.91 Å². The average Bonchev–Trinajstić information content (AvgIpc) is 3.09. The van der Waals surface area contributed by atoms with Gasteiger partial charge in [-0.2, -0.15) is 0 Å². The fraction of sp³-hybridized carbons (Fsp3) is 0.316. The summed E-state index contributed by atoms with van der Waals surface area (Å²) >= 11 is 5.74. The molecule has 0 bridgehead atoms. The maximum absolute atomic E-state index is 12.0. The third kappa shape index (κ3) is 4.73. The number of hydrogen-bond acceptors (Lipinski definition) is 5. The normalized spacial score (nSPS) is 13.6. The highest BCUT2D eigenvalue weighted by Crippen LogP contribution is 2.26. The van der Waals surface area contributed by atoms with Gasteiger partial charge < -0.3 is 14.8 Å². The van der Waals surface area contributed by atoms with Crippen LogP contribution in [0.5, 0.6) is 5.75 Å². The summed E-state index contributed by atoms with van der Waals surface area (Å²) in [7, 11) is 0. The molecule has 6 nitrogen and oxygen atoms in total. The number of nitrogens with one attached hydrogen (secondary N) is 1. The van der Waals surface area contributed by atoms with Gasteiger partial charge in [-0.25, -0.2) is 9.78 Å². The van der Waals surface area contributed by atoms with Gasteiger partial charge in [-0.3, -0.25) is 4.79 Å². The maximum Gasteiger partial charge on any atom is 0.344 e. The molecule has 0 saturated carbocycles.